The standard InChI is InChI=1S/C17H23NO3/c1-12-5-7-15(14(9-12)6-8-16(19)20)18-10-13(2)21-17(3,4)11-18/h5-9,13H,10-11H2,1-4H3,(H,19,20)/b8-6+. The van der Waals surface area contributed by atoms with E-state index >= 15 is 0 Å². The minimum Gasteiger partial charge on any atom is -0.478 e. The van der Waals surface area contributed by atoms with Gasteiger partial charge in [0.2, 0.25) is 0 Å². The summed E-state index contributed by atoms with van der Waals surface area (Å²) in [4.78, 5) is 13.1. The molecular weight excluding hydrogens is 266 g/mol. The molecule has 4 nitrogen and oxygen atoms in total. The van der Waals surface area contributed by atoms with Crippen molar-refractivity contribution in [3.05, 3.63) is 35.4 Å². The number of benzene rings is 1. The van der Waals surface area contributed by atoms with Gasteiger partial charge in [0.1, 0.15) is 0 Å². The number of carboxylic acids is 1. The van der Waals surface area contributed by atoms with Gasteiger partial charge in [-0.05, 0) is 51.5 Å². The summed E-state index contributed by atoms with van der Waals surface area (Å²) in [5.41, 5.74) is 2.89. The summed E-state index contributed by atoms with van der Waals surface area (Å²) >= 11 is 0. The maximum absolute atomic E-state index is 10.8. The van der Waals surface area contributed by atoms with Gasteiger partial charge in [-0.3, -0.25) is 0 Å². The van der Waals surface area contributed by atoms with Crippen LogP contribution in [0.15, 0.2) is 24.3 Å². The summed E-state index contributed by atoms with van der Waals surface area (Å²) in [6.45, 7) is 9.82. The van der Waals surface area contributed by atoms with Crippen LogP contribution in [-0.4, -0.2) is 35.9 Å². The van der Waals surface area contributed by atoms with Gasteiger partial charge >= 0.3 is 5.97 Å². The molecule has 0 spiro atoms. The Kier molecular flexibility index (Phi) is 4.37. The van der Waals surface area contributed by atoms with Gasteiger partial charge in [-0.1, -0.05) is 11.6 Å². The Morgan fingerprint density at radius 1 is 1.48 bits per heavy atom. The van der Waals surface area contributed by atoms with Crippen LogP contribution in [0.2, 0.25) is 0 Å². The molecule has 1 unspecified atom stereocenters. The van der Waals surface area contributed by atoms with Gasteiger partial charge in [0.25, 0.3) is 0 Å². The fraction of sp³-hybridized carbons (Fsp3) is 0.471. The average Bonchev–Trinajstić information content (AvgIpc) is 2.33. The number of hydrogen-bond donors (Lipinski definition) is 1. The highest BCUT2D eigenvalue weighted by Gasteiger charge is 2.31. The first-order valence-electron chi connectivity index (χ1n) is 7.21. The summed E-state index contributed by atoms with van der Waals surface area (Å²) in [5.74, 6) is -0.932. The Morgan fingerprint density at radius 2 is 2.19 bits per heavy atom. The van der Waals surface area contributed by atoms with Gasteiger partial charge in [0, 0.05) is 24.9 Å². The van der Waals surface area contributed by atoms with Crippen molar-refractivity contribution in [2.24, 2.45) is 0 Å². The van der Waals surface area contributed by atoms with Crippen molar-refractivity contribution in [2.75, 3.05) is 18.0 Å². The lowest BCUT2D eigenvalue weighted by atomic mass is 10.0. The van der Waals surface area contributed by atoms with Crippen molar-refractivity contribution < 1.29 is 14.6 Å². The second-order valence-electron chi connectivity index (χ2n) is 6.30. The maximum Gasteiger partial charge on any atom is 0.328 e. The van der Waals surface area contributed by atoms with E-state index in [-0.39, 0.29) is 11.7 Å². The Morgan fingerprint density at radius 3 is 2.81 bits per heavy atom. The predicted octanol–water partition coefficient (Wildman–Crippen LogP) is 3.10. The number of carboxylic acid groups (broad SMARTS) is 1. The fourth-order valence-corrected chi connectivity index (χ4v) is 2.89. The molecule has 0 saturated carbocycles. The predicted molar refractivity (Wildman–Crippen MR) is 84.7 cm³/mol. The maximum atomic E-state index is 10.8. The van der Waals surface area contributed by atoms with Crippen molar-refractivity contribution in [3.8, 4) is 0 Å². The van der Waals surface area contributed by atoms with E-state index in [2.05, 4.69) is 37.8 Å². The zero-order valence-electron chi connectivity index (χ0n) is 13.1. The highest BCUT2D eigenvalue weighted by Crippen LogP contribution is 2.29. The molecule has 114 valence electrons. The third-order valence-corrected chi connectivity index (χ3v) is 3.50. The van der Waals surface area contributed by atoms with Crippen LogP contribution in [0.25, 0.3) is 6.08 Å². The summed E-state index contributed by atoms with van der Waals surface area (Å²) in [5, 5.41) is 8.85. The van der Waals surface area contributed by atoms with Crippen LogP contribution in [0.5, 0.6) is 0 Å². The molecule has 0 aliphatic carbocycles. The molecule has 1 aliphatic rings. The van der Waals surface area contributed by atoms with Gasteiger partial charge < -0.3 is 14.7 Å². The van der Waals surface area contributed by atoms with Crippen LogP contribution in [0.3, 0.4) is 0 Å². The van der Waals surface area contributed by atoms with Crippen molar-refractivity contribution in [3.63, 3.8) is 0 Å². The zero-order chi connectivity index (χ0) is 15.6. The van der Waals surface area contributed by atoms with Gasteiger partial charge in [0.15, 0.2) is 0 Å². The molecule has 0 bridgehead atoms. The molecule has 0 aromatic heterocycles. The van der Waals surface area contributed by atoms with Crippen LogP contribution in [0, 0.1) is 6.92 Å². The Bertz CT molecular complexity index is 563. The molecule has 0 radical (unpaired) electrons. The first-order chi connectivity index (χ1) is 9.77. The number of aliphatic carboxylic acids is 1. The summed E-state index contributed by atoms with van der Waals surface area (Å²) in [7, 11) is 0. The SMILES string of the molecule is Cc1ccc(N2CC(C)OC(C)(C)C2)c(/C=C/C(=O)O)c1. The minimum absolute atomic E-state index is 0.145. The molecule has 2 rings (SSSR count). The lowest BCUT2D eigenvalue weighted by Gasteiger charge is -2.43. The summed E-state index contributed by atoms with van der Waals surface area (Å²) in [6.07, 6.45) is 3.00. The number of hydrogen-bond acceptors (Lipinski definition) is 3. The number of rotatable bonds is 3. The normalized spacial score (nSPS) is 21.7. The third kappa shape index (κ3) is 4.08. The molecular formula is C17H23NO3. The highest BCUT2D eigenvalue weighted by molar-refractivity contribution is 5.87. The molecule has 1 aliphatic heterocycles. The largest absolute Gasteiger partial charge is 0.478 e. The molecule has 1 atom stereocenters. The van der Waals surface area contributed by atoms with Crippen LogP contribution < -0.4 is 4.90 Å². The highest BCUT2D eigenvalue weighted by atomic mass is 16.5. The van der Waals surface area contributed by atoms with Crippen molar-refractivity contribution in [2.45, 2.75) is 39.4 Å². The van der Waals surface area contributed by atoms with E-state index in [4.69, 9.17) is 9.84 Å². The average molecular weight is 289 g/mol. The smallest absolute Gasteiger partial charge is 0.328 e. The van der Waals surface area contributed by atoms with Crippen LogP contribution in [0.4, 0.5) is 5.69 Å². The molecule has 1 aromatic rings. The summed E-state index contributed by atoms with van der Waals surface area (Å²) < 4.78 is 5.93. The second-order valence-corrected chi connectivity index (χ2v) is 6.30. The minimum atomic E-state index is -0.932. The number of aryl methyl sites for hydroxylation is 1. The Balaban J connectivity index is 2.36. The van der Waals surface area contributed by atoms with E-state index in [1.807, 2.05) is 13.0 Å². The van der Waals surface area contributed by atoms with Crippen molar-refractivity contribution in [1.82, 2.24) is 0 Å². The number of morpholine rings is 1. The lowest BCUT2D eigenvalue weighted by Crippen LogP contribution is -2.52. The lowest BCUT2D eigenvalue weighted by molar-refractivity contribution is -0.131. The summed E-state index contributed by atoms with van der Waals surface area (Å²) in [6, 6.07) is 6.13. The fourth-order valence-electron chi connectivity index (χ4n) is 2.89. The first-order valence-corrected chi connectivity index (χ1v) is 7.21. The molecule has 1 fully saturated rings. The number of carbonyl (C=O) groups is 1. The molecule has 1 heterocycles. The van der Waals surface area contributed by atoms with E-state index in [0.29, 0.717) is 0 Å². The monoisotopic (exact) mass is 289 g/mol. The van der Waals surface area contributed by atoms with Crippen LogP contribution in [0.1, 0.15) is 31.9 Å². The first kappa shape index (κ1) is 15.6. The quantitative estimate of drug-likeness (QED) is 0.869. The molecule has 0 amide bonds. The molecule has 1 N–H and O–H groups in total. The van der Waals surface area contributed by atoms with Gasteiger partial charge in [-0.15, -0.1) is 0 Å². The number of anilines is 1. The van der Waals surface area contributed by atoms with Crippen molar-refractivity contribution in [1.29, 1.82) is 0 Å². The van der Waals surface area contributed by atoms with Gasteiger partial charge in [-0.25, -0.2) is 4.79 Å². The second kappa shape index (κ2) is 5.90. The van der Waals surface area contributed by atoms with Crippen LogP contribution in [-0.2, 0) is 9.53 Å². The van der Waals surface area contributed by atoms with Gasteiger partial charge in [0.05, 0.1) is 11.7 Å². The molecule has 1 saturated heterocycles. The Labute approximate surface area is 126 Å². The molecule has 4 heteroatoms. The molecule has 1 aromatic carbocycles. The Hall–Kier alpha value is -1.81. The number of ether oxygens (including phenoxy) is 1. The molecule has 21 heavy (non-hydrogen) atoms. The zero-order valence-corrected chi connectivity index (χ0v) is 13.1. The van der Waals surface area contributed by atoms with Gasteiger partial charge in [-0.2, -0.15) is 0 Å². The van der Waals surface area contributed by atoms with E-state index in [1.54, 1.807) is 6.08 Å². The topological polar surface area (TPSA) is 49.8 Å². The van der Waals surface area contributed by atoms with E-state index in [1.165, 1.54) is 6.08 Å². The van der Waals surface area contributed by atoms with Crippen molar-refractivity contribution >= 4 is 17.7 Å². The van der Waals surface area contributed by atoms with E-state index in [9.17, 15) is 4.79 Å². The van der Waals surface area contributed by atoms with Crippen LogP contribution >= 0.6 is 0 Å². The van der Waals surface area contributed by atoms with E-state index in [0.717, 1.165) is 29.9 Å². The third-order valence-electron chi connectivity index (χ3n) is 3.50. The van der Waals surface area contributed by atoms with E-state index < -0.39 is 5.97 Å². The number of nitrogens with zero attached hydrogens (tertiary/aromatic N) is 1.